The van der Waals surface area contributed by atoms with E-state index in [2.05, 4.69) is 279 Å². The first-order chi connectivity index (χ1) is 35.8. The fourth-order valence-electron chi connectivity index (χ4n) is 13.7. The van der Waals surface area contributed by atoms with Gasteiger partial charge in [0.15, 0.2) is 0 Å². The van der Waals surface area contributed by atoms with Crippen LogP contribution < -0.4 is 0 Å². The minimum absolute atomic E-state index is 0.538. The van der Waals surface area contributed by atoms with E-state index in [1.807, 2.05) is 0 Å². The highest BCUT2D eigenvalue weighted by Crippen LogP contribution is 2.60. The van der Waals surface area contributed by atoms with Crippen LogP contribution in [0.15, 0.2) is 279 Å². The molecule has 0 heteroatoms. The molecule has 0 aromatic heterocycles. The van der Waals surface area contributed by atoms with Crippen LogP contribution in [0.4, 0.5) is 0 Å². The second-order valence-electron chi connectivity index (χ2n) is 19.7. The second-order valence-corrected chi connectivity index (χ2v) is 19.7. The van der Waals surface area contributed by atoms with Crippen LogP contribution in [0, 0.1) is 0 Å². The van der Waals surface area contributed by atoms with Gasteiger partial charge in [0.05, 0.1) is 10.8 Å². The highest BCUT2D eigenvalue weighted by Gasteiger charge is 2.46. The molecule has 13 aromatic rings. The third kappa shape index (κ3) is 5.41. The monoisotopic (exact) mass is 910 g/mol. The van der Waals surface area contributed by atoms with Gasteiger partial charge in [-0.3, -0.25) is 0 Å². The zero-order chi connectivity index (χ0) is 47.4. The van der Waals surface area contributed by atoms with Crippen molar-refractivity contribution in [2.24, 2.45) is 0 Å². The Labute approximate surface area is 419 Å². The van der Waals surface area contributed by atoms with Crippen LogP contribution in [0.25, 0.3) is 87.6 Å². The van der Waals surface area contributed by atoms with Crippen LogP contribution in [0.2, 0.25) is 0 Å². The first-order valence-electron chi connectivity index (χ1n) is 25.3. The molecule has 72 heavy (non-hydrogen) atoms. The number of benzene rings is 13. The van der Waals surface area contributed by atoms with Crippen molar-refractivity contribution in [2.75, 3.05) is 0 Å². The Kier molecular flexibility index (Phi) is 8.89. The minimum Gasteiger partial charge on any atom is -0.0622 e. The zero-order valence-electron chi connectivity index (χ0n) is 39.6. The maximum absolute atomic E-state index is 2.40. The maximum atomic E-state index is 2.40. The van der Waals surface area contributed by atoms with Gasteiger partial charge < -0.3 is 0 Å². The summed E-state index contributed by atoms with van der Waals surface area (Å²) in [6, 6.07) is 105. The van der Waals surface area contributed by atoms with E-state index in [-0.39, 0.29) is 0 Å². The second kappa shape index (κ2) is 15.7. The summed E-state index contributed by atoms with van der Waals surface area (Å²) >= 11 is 0. The smallest absolute Gasteiger partial charge is 0.0622 e. The lowest BCUT2D eigenvalue weighted by molar-refractivity contribution is 0.750. The van der Waals surface area contributed by atoms with Gasteiger partial charge in [-0.2, -0.15) is 0 Å². The number of fused-ring (bicyclic) bond motifs is 8. The average Bonchev–Trinajstić information content (AvgIpc) is 3.46. The van der Waals surface area contributed by atoms with E-state index < -0.39 is 10.8 Å². The summed E-state index contributed by atoms with van der Waals surface area (Å²) in [6.07, 6.45) is 0. The molecule has 0 bridgehead atoms. The van der Waals surface area contributed by atoms with Gasteiger partial charge in [-0.25, -0.2) is 0 Å². The van der Waals surface area contributed by atoms with Gasteiger partial charge in [0.25, 0.3) is 0 Å². The van der Waals surface area contributed by atoms with Gasteiger partial charge in [0, 0.05) is 0 Å². The van der Waals surface area contributed by atoms with Gasteiger partial charge in [-0.05, 0) is 132 Å². The molecule has 0 N–H and O–H groups in total. The minimum atomic E-state index is -0.538. The Morgan fingerprint density at radius 3 is 0.792 bits per heavy atom. The standard InChI is InChI=1S/C72H46/c1-5-23-49(24-6-1)71(50-25-7-2-8-26-50)61-39-19-17-35-57(61)67-55-33-15-13-31-53(55)65(59-37-21-41-63(71)69(59)67)47-43-45-48(46-44-47)66-54-32-14-16-34-56(54)68-58-36-18-20-40-62(58)72(51-27-9-3-10-28-51,52-29-11-4-12-30-52)64-42-22-38-60(66)70(64)68/h1-46H. The maximum Gasteiger partial charge on any atom is 0.0713 e. The number of rotatable bonds is 6. The highest BCUT2D eigenvalue weighted by molar-refractivity contribution is 6.26. The Hall–Kier alpha value is -9.10. The van der Waals surface area contributed by atoms with E-state index in [4.69, 9.17) is 0 Å². The molecule has 13 aromatic carbocycles. The largest absolute Gasteiger partial charge is 0.0713 e. The molecule has 2 aliphatic rings. The lowest BCUT2D eigenvalue weighted by Gasteiger charge is -2.42. The van der Waals surface area contributed by atoms with Gasteiger partial charge in [0.2, 0.25) is 0 Å². The Bertz CT molecular complexity index is 3920. The molecule has 2 aliphatic carbocycles. The SMILES string of the molecule is c1ccc(C2(c3ccccc3)c3ccccc3-c3c4ccccc4c(-c4ccc(-c5c6ccccc6c6c7c(cccc57)C(c5ccccc5)(c5ccccc5)c5ccccc5-6)cc4)c4cccc2c34)cc1. The van der Waals surface area contributed by atoms with E-state index in [0.29, 0.717) is 0 Å². The molecule has 0 nitrogen and oxygen atoms in total. The molecule has 0 atom stereocenters. The zero-order valence-corrected chi connectivity index (χ0v) is 39.6. The molecule has 0 radical (unpaired) electrons. The van der Waals surface area contributed by atoms with E-state index in [9.17, 15) is 0 Å². The lowest BCUT2D eigenvalue weighted by Crippen LogP contribution is -2.34. The molecule has 0 unspecified atom stereocenters. The normalized spacial score (nSPS) is 13.8. The van der Waals surface area contributed by atoms with Crippen LogP contribution in [0.5, 0.6) is 0 Å². The van der Waals surface area contributed by atoms with Crippen LogP contribution in [-0.2, 0) is 10.8 Å². The van der Waals surface area contributed by atoms with Crippen molar-refractivity contribution in [3.05, 3.63) is 324 Å². The van der Waals surface area contributed by atoms with E-state index >= 15 is 0 Å². The summed E-state index contributed by atoms with van der Waals surface area (Å²) in [6.45, 7) is 0. The molecule has 0 saturated carbocycles. The van der Waals surface area contributed by atoms with Gasteiger partial charge in [-0.1, -0.05) is 279 Å². The van der Waals surface area contributed by atoms with Gasteiger partial charge in [-0.15, -0.1) is 0 Å². The van der Waals surface area contributed by atoms with Crippen molar-refractivity contribution < 1.29 is 0 Å². The summed E-state index contributed by atoms with van der Waals surface area (Å²) in [4.78, 5) is 0. The predicted molar refractivity (Wildman–Crippen MR) is 302 cm³/mol. The highest BCUT2D eigenvalue weighted by atomic mass is 14.5. The fraction of sp³-hybridized carbons (Fsp3) is 0.0278. The molecular formula is C72H46. The third-order valence-electron chi connectivity index (χ3n) is 16.4. The summed E-state index contributed by atoms with van der Waals surface area (Å²) in [5.74, 6) is 0. The summed E-state index contributed by atoms with van der Waals surface area (Å²) < 4.78 is 0. The molecular weight excluding hydrogens is 865 g/mol. The summed E-state index contributed by atoms with van der Waals surface area (Å²) in [5.41, 5.74) is 19.4. The predicted octanol–water partition coefficient (Wildman–Crippen LogP) is 18.4. The number of hydrogen-bond donors (Lipinski definition) is 0. The van der Waals surface area contributed by atoms with Crippen LogP contribution in [-0.4, -0.2) is 0 Å². The molecule has 0 spiro atoms. The first kappa shape index (κ1) is 40.8. The fourth-order valence-corrected chi connectivity index (χ4v) is 13.7. The van der Waals surface area contributed by atoms with Crippen molar-refractivity contribution in [2.45, 2.75) is 10.8 Å². The van der Waals surface area contributed by atoms with Crippen molar-refractivity contribution >= 4 is 43.1 Å². The van der Waals surface area contributed by atoms with Crippen molar-refractivity contribution in [3.63, 3.8) is 0 Å². The van der Waals surface area contributed by atoms with Crippen LogP contribution in [0.1, 0.15) is 44.5 Å². The molecule has 0 amide bonds. The van der Waals surface area contributed by atoms with E-state index in [1.54, 1.807) is 0 Å². The molecule has 0 heterocycles. The van der Waals surface area contributed by atoms with Crippen LogP contribution >= 0.6 is 0 Å². The molecule has 334 valence electrons. The summed E-state index contributed by atoms with van der Waals surface area (Å²) in [7, 11) is 0. The number of hydrogen-bond acceptors (Lipinski definition) is 0. The Morgan fingerprint density at radius 2 is 0.444 bits per heavy atom. The lowest BCUT2D eigenvalue weighted by atomic mass is 9.59. The molecule has 0 aliphatic heterocycles. The van der Waals surface area contributed by atoms with Gasteiger partial charge in [0.1, 0.15) is 0 Å². The molecule has 0 saturated heterocycles. The van der Waals surface area contributed by atoms with Crippen LogP contribution in [0.3, 0.4) is 0 Å². The van der Waals surface area contributed by atoms with E-state index in [1.165, 1.54) is 132 Å². The summed E-state index contributed by atoms with van der Waals surface area (Å²) in [5, 5.41) is 10.2. The topological polar surface area (TPSA) is 0 Å². The third-order valence-corrected chi connectivity index (χ3v) is 16.4. The Balaban J connectivity index is 1.00. The van der Waals surface area contributed by atoms with E-state index in [0.717, 1.165) is 0 Å². The Morgan fingerprint density at radius 1 is 0.181 bits per heavy atom. The van der Waals surface area contributed by atoms with Crippen molar-refractivity contribution in [1.82, 2.24) is 0 Å². The quantitative estimate of drug-likeness (QED) is 0.146. The first-order valence-corrected chi connectivity index (χ1v) is 25.3. The van der Waals surface area contributed by atoms with Gasteiger partial charge >= 0.3 is 0 Å². The molecule has 15 rings (SSSR count). The molecule has 0 fully saturated rings. The van der Waals surface area contributed by atoms with Crippen molar-refractivity contribution in [1.29, 1.82) is 0 Å². The average molecular weight is 911 g/mol. The van der Waals surface area contributed by atoms with Crippen molar-refractivity contribution in [3.8, 4) is 44.5 Å².